The van der Waals surface area contributed by atoms with E-state index in [9.17, 15) is 18.3 Å². The Morgan fingerprint density at radius 3 is 2.71 bits per heavy atom. The predicted octanol–water partition coefficient (Wildman–Crippen LogP) is 1.49. The molecule has 0 aliphatic carbocycles. The molecule has 2 N–H and O–H groups in total. The van der Waals surface area contributed by atoms with E-state index in [0.717, 1.165) is 0 Å². The number of aliphatic hydroxyl groups excluding tert-OH is 1. The molecule has 8 heteroatoms. The first-order valence-corrected chi connectivity index (χ1v) is 8.27. The Hall–Kier alpha value is -1.15. The van der Waals surface area contributed by atoms with Gasteiger partial charge in [-0.2, -0.15) is 4.31 Å². The molecule has 21 heavy (non-hydrogen) atoms. The first-order chi connectivity index (χ1) is 9.78. The van der Waals surface area contributed by atoms with E-state index in [1.165, 1.54) is 23.4 Å². The zero-order valence-corrected chi connectivity index (χ0v) is 13.0. The number of carboxylic acid groups (broad SMARTS) is 1. The zero-order valence-electron chi connectivity index (χ0n) is 11.4. The molecule has 1 aliphatic heterocycles. The summed E-state index contributed by atoms with van der Waals surface area (Å²) < 4.78 is 26.6. The second-order valence-corrected chi connectivity index (χ2v) is 7.27. The van der Waals surface area contributed by atoms with Crippen molar-refractivity contribution in [2.24, 2.45) is 0 Å². The number of hydrogen-bond acceptors (Lipinski definition) is 4. The van der Waals surface area contributed by atoms with Crippen LogP contribution in [0, 0.1) is 6.92 Å². The molecule has 0 bridgehead atoms. The summed E-state index contributed by atoms with van der Waals surface area (Å²) in [6, 6.07) is 2.01. The van der Waals surface area contributed by atoms with Gasteiger partial charge in [0.15, 0.2) is 0 Å². The quantitative estimate of drug-likeness (QED) is 0.870. The minimum absolute atomic E-state index is 0.0521. The van der Waals surface area contributed by atoms with E-state index < -0.39 is 22.0 Å². The van der Waals surface area contributed by atoms with Crippen molar-refractivity contribution in [3.05, 3.63) is 28.3 Å². The minimum atomic E-state index is -3.88. The summed E-state index contributed by atoms with van der Waals surface area (Å²) in [6.45, 7) is 1.49. The maximum absolute atomic E-state index is 12.7. The second-order valence-electron chi connectivity index (χ2n) is 4.98. The van der Waals surface area contributed by atoms with Gasteiger partial charge in [0, 0.05) is 17.6 Å². The van der Waals surface area contributed by atoms with Gasteiger partial charge in [-0.25, -0.2) is 13.2 Å². The molecule has 0 amide bonds. The van der Waals surface area contributed by atoms with Crippen LogP contribution in [0.4, 0.5) is 0 Å². The van der Waals surface area contributed by atoms with Crippen LogP contribution < -0.4 is 0 Å². The number of halogens is 1. The number of nitrogens with zero attached hydrogens (tertiary/aromatic N) is 1. The smallest absolute Gasteiger partial charge is 0.336 e. The van der Waals surface area contributed by atoms with Crippen LogP contribution in [0.1, 0.15) is 28.8 Å². The number of carbonyl (C=O) groups is 1. The van der Waals surface area contributed by atoms with Crippen LogP contribution >= 0.6 is 11.6 Å². The Bertz CT molecular complexity index is 673. The molecule has 1 heterocycles. The molecule has 6 nitrogen and oxygen atoms in total. The molecule has 1 unspecified atom stereocenters. The summed E-state index contributed by atoms with van der Waals surface area (Å²) >= 11 is 5.85. The third-order valence-corrected chi connectivity index (χ3v) is 5.97. The predicted molar refractivity (Wildman–Crippen MR) is 77.1 cm³/mol. The highest BCUT2D eigenvalue weighted by molar-refractivity contribution is 7.89. The fourth-order valence-corrected chi connectivity index (χ4v) is 4.82. The molecule has 1 atom stereocenters. The molecule has 0 radical (unpaired) electrons. The van der Waals surface area contributed by atoms with Crippen molar-refractivity contribution >= 4 is 27.6 Å². The Morgan fingerprint density at radius 1 is 1.48 bits per heavy atom. The van der Waals surface area contributed by atoms with Crippen LogP contribution in [-0.4, -0.2) is 48.1 Å². The van der Waals surface area contributed by atoms with E-state index in [1.807, 2.05) is 0 Å². The van der Waals surface area contributed by atoms with Gasteiger partial charge in [-0.1, -0.05) is 11.6 Å². The van der Waals surface area contributed by atoms with Crippen molar-refractivity contribution in [3.8, 4) is 0 Å². The maximum atomic E-state index is 12.7. The standard InChI is InChI=1S/C13H16ClNO5S/c1-8-11(13(17)18)5-9(14)6-12(8)21(19,20)15-4-2-3-10(15)7-16/h5-6,10,16H,2-4,7H2,1H3,(H,17,18). The molecule has 2 rings (SSSR count). The van der Waals surface area contributed by atoms with Crippen molar-refractivity contribution in [1.29, 1.82) is 0 Å². The molecule has 1 aliphatic rings. The molecule has 0 saturated carbocycles. The number of aromatic carboxylic acids is 1. The van der Waals surface area contributed by atoms with Crippen LogP contribution in [-0.2, 0) is 10.0 Å². The Balaban J connectivity index is 2.57. The average molecular weight is 334 g/mol. The van der Waals surface area contributed by atoms with Crippen molar-refractivity contribution in [2.45, 2.75) is 30.7 Å². The van der Waals surface area contributed by atoms with E-state index in [-0.39, 0.29) is 27.7 Å². The Kier molecular flexibility index (Phi) is 4.57. The molecule has 1 saturated heterocycles. The first kappa shape index (κ1) is 16.2. The van der Waals surface area contributed by atoms with Crippen LogP contribution in [0.25, 0.3) is 0 Å². The zero-order chi connectivity index (χ0) is 15.8. The summed E-state index contributed by atoms with van der Waals surface area (Å²) in [5.41, 5.74) is 0.0105. The van der Waals surface area contributed by atoms with Gasteiger partial charge in [0.25, 0.3) is 0 Å². The average Bonchev–Trinajstić information content (AvgIpc) is 2.89. The number of benzene rings is 1. The van der Waals surface area contributed by atoms with Crippen molar-refractivity contribution in [2.75, 3.05) is 13.2 Å². The highest BCUT2D eigenvalue weighted by Gasteiger charge is 2.36. The molecule has 1 aromatic rings. The van der Waals surface area contributed by atoms with Crippen molar-refractivity contribution in [1.82, 2.24) is 4.31 Å². The fraction of sp³-hybridized carbons (Fsp3) is 0.462. The fourth-order valence-electron chi connectivity index (χ4n) is 2.58. The van der Waals surface area contributed by atoms with E-state index in [1.54, 1.807) is 0 Å². The highest BCUT2D eigenvalue weighted by atomic mass is 35.5. The van der Waals surface area contributed by atoms with Gasteiger partial charge in [-0.05, 0) is 37.5 Å². The molecule has 1 fully saturated rings. The van der Waals surface area contributed by atoms with Gasteiger partial charge in [0.05, 0.1) is 17.1 Å². The lowest BCUT2D eigenvalue weighted by atomic mass is 10.1. The lowest BCUT2D eigenvalue weighted by Crippen LogP contribution is -2.38. The first-order valence-electron chi connectivity index (χ1n) is 6.45. The number of hydrogen-bond donors (Lipinski definition) is 2. The van der Waals surface area contributed by atoms with E-state index in [0.29, 0.717) is 19.4 Å². The minimum Gasteiger partial charge on any atom is -0.478 e. The molecular formula is C13H16ClNO5S. The Morgan fingerprint density at radius 2 is 2.14 bits per heavy atom. The van der Waals surface area contributed by atoms with Crippen LogP contribution in [0.15, 0.2) is 17.0 Å². The highest BCUT2D eigenvalue weighted by Crippen LogP contribution is 2.31. The van der Waals surface area contributed by atoms with Crippen LogP contribution in [0.3, 0.4) is 0 Å². The molecule has 116 valence electrons. The number of aliphatic hydroxyl groups is 1. The molecular weight excluding hydrogens is 318 g/mol. The van der Waals surface area contributed by atoms with Gasteiger partial charge in [0.1, 0.15) is 0 Å². The van der Waals surface area contributed by atoms with Crippen molar-refractivity contribution in [3.63, 3.8) is 0 Å². The van der Waals surface area contributed by atoms with E-state index >= 15 is 0 Å². The van der Waals surface area contributed by atoms with Gasteiger partial charge in [0.2, 0.25) is 10.0 Å². The topological polar surface area (TPSA) is 94.9 Å². The molecule has 1 aromatic carbocycles. The summed E-state index contributed by atoms with van der Waals surface area (Å²) in [7, 11) is -3.88. The maximum Gasteiger partial charge on any atom is 0.336 e. The SMILES string of the molecule is Cc1c(C(=O)O)cc(Cl)cc1S(=O)(=O)N1CCCC1CO. The summed E-state index contributed by atoms with van der Waals surface area (Å²) in [5.74, 6) is -1.23. The lowest BCUT2D eigenvalue weighted by molar-refractivity contribution is 0.0695. The summed E-state index contributed by atoms with van der Waals surface area (Å²) in [5, 5.41) is 18.5. The Labute approximate surface area is 128 Å². The normalized spacial score (nSPS) is 19.9. The number of rotatable bonds is 4. The third kappa shape index (κ3) is 2.91. The van der Waals surface area contributed by atoms with E-state index in [2.05, 4.69) is 0 Å². The van der Waals surface area contributed by atoms with Gasteiger partial charge in [-0.3, -0.25) is 0 Å². The molecule has 0 aromatic heterocycles. The van der Waals surface area contributed by atoms with Gasteiger partial charge in [-0.15, -0.1) is 0 Å². The number of sulfonamides is 1. The molecule has 0 spiro atoms. The summed E-state index contributed by atoms with van der Waals surface area (Å²) in [6.07, 6.45) is 1.25. The van der Waals surface area contributed by atoms with Crippen LogP contribution in [0.2, 0.25) is 5.02 Å². The monoisotopic (exact) mass is 333 g/mol. The lowest BCUT2D eigenvalue weighted by Gasteiger charge is -2.23. The third-order valence-electron chi connectivity index (χ3n) is 3.68. The summed E-state index contributed by atoms with van der Waals surface area (Å²) in [4.78, 5) is 11.1. The van der Waals surface area contributed by atoms with Gasteiger partial charge >= 0.3 is 5.97 Å². The van der Waals surface area contributed by atoms with Crippen LogP contribution in [0.5, 0.6) is 0 Å². The van der Waals surface area contributed by atoms with Crippen molar-refractivity contribution < 1.29 is 23.4 Å². The van der Waals surface area contributed by atoms with E-state index in [4.69, 9.17) is 16.7 Å². The second kappa shape index (κ2) is 5.92. The number of carboxylic acids is 1. The largest absolute Gasteiger partial charge is 0.478 e. The van der Waals surface area contributed by atoms with Gasteiger partial charge < -0.3 is 10.2 Å².